The van der Waals surface area contributed by atoms with Gasteiger partial charge in [0.15, 0.2) is 0 Å². The number of fused-ring (bicyclic) bond motifs is 2. The summed E-state index contributed by atoms with van der Waals surface area (Å²) in [6, 6.07) is 2.26. The predicted molar refractivity (Wildman–Crippen MR) is 112 cm³/mol. The molecule has 0 radical (unpaired) electrons. The van der Waals surface area contributed by atoms with Crippen LogP contribution in [0.5, 0.6) is 0 Å². The van der Waals surface area contributed by atoms with Gasteiger partial charge in [-0.15, -0.1) is 22.7 Å². The monoisotopic (exact) mass is 412 g/mol. The number of aromatic nitrogens is 2. The van der Waals surface area contributed by atoms with Crippen molar-refractivity contribution in [3.05, 3.63) is 43.1 Å². The number of hydrogen-bond donors (Lipinski definition) is 1. The van der Waals surface area contributed by atoms with Crippen LogP contribution in [0, 0.1) is 25.2 Å². The van der Waals surface area contributed by atoms with Crippen LogP contribution in [0.2, 0.25) is 0 Å². The van der Waals surface area contributed by atoms with Crippen molar-refractivity contribution < 1.29 is 4.79 Å². The van der Waals surface area contributed by atoms with Crippen LogP contribution >= 0.6 is 22.7 Å². The molecule has 0 saturated heterocycles. The third kappa shape index (κ3) is 3.25. The normalized spacial score (nSPS) is 13.8. The Bertz CT molecular complexity index is 1180. The minimum Gasteiger partial charge on any atom is -0.315 e. The van der Waals surface area contributed by atoms with Gasteiger partial charge in [0.25, 0.3) is 5.56 Å². The molecule has 3 aromatic heterocycles. The number of aryl methyl sites for hydroxylation is 3. The van der Waals surface area contributed by atoms with Crippen LogP contribution in [0.25, 0.3) is 10.2 Å². The van der Waals surface area contributed by atoms with Gasteiger partial charge in [-0.05, 0) is 50.7 Å². The highest BCUT2D eigenvalue weighted by molar-refractivity contribution is 7.18. The third-order valence-electron chi connectivity index (χ3n) is 5.26. The smallest absolute Gasteiger partial charge is 0.262 e. The summed E-state index contributed by atoms with van der Waals surface area (Å²) in [5.41, 5.74) is 2.39. The van der Waals surface area contributed by atoms with E-state index in [0.717, 1.165) is 41.7 Å². The van der Waals surface area contributed by atoms with E-state index in [2.05, 4.69) is 16.4 Å². The maximum absolute atomic E-state index is 12.8. The number of thiophene rings is 2. The lowest BCUT2D eigenvalue weighted by atomic mass is 10.1. The molecule has 8 heteroatoms. The molecule has 3 aromatic rings. The van der Waals surface area contributed by atoms with E-state index in [1.807, 2.05) is 13.8 Å². The quantitative estimate of drug-likeness (QED) is 0.661. The number of amides is 1. The molecule has 1 amide bonds. The number of nitrogens with one attached hydrogen (secondary N) is 1. The summed E-state index contributed by atoms with van der Waals surface area (Å²) in [5.74, 6) is -0.319. The summed E-state index contributed by atoms with van der Waals surface area (Å²) in [7, 11) is 0. The Balaban J connectivity index is 1.60. The van der Waals surface area contributed by atoms with Crippen molar-refractivity contribution in [3.63, 3.8) is 0 Å². The molecule has 0 atom stereocenters. The summed E-state index contributed by atoms with van der Waals surface area (Å²) in [6.07, 6.45) is 6.64. The number of nitriles is 1. The van der Waals surface area contributed by atoms with Crippen LogP contribution < -0.4 is 10.9 Å². The molecule has 1 aliphatic rings. The Labute approximate surface area is 170 Å². The van der Waals surface area contributed by atoms with Crippen molar-refractivity contribution in [3.8, 4) is 6.07 Å². The van der Waals surface area contributed by atoms with Crippen LogP contribution in [0.15, 0.2) is 11.1 Å². The molecule has 0 unspecified atom stereocenters. The third-order valence-corrected chi connectivity index (χ3v) is 7.58. The molecule has 6 nitrogen and oxygen atoms in total. The topological polar surface area (TPSA) is 87.8 Å². The Kier molecular flexibility index (Phi) is 5.04. The van der Waals surface area contributed by atoms with Gasteiger partial charge < -0.3 is 5.32 Å². The molecule has 28 heavy (non-hydrogen) atoms. The van der Waals surface area contributed by atoms with E-state index in [1.165, 1.54) is 44.9 Å². The van der Waals surface area contributed by atoms with E-state index in [1.54, 1.807) is 0 Å². The lowest BCUT2D eigenvalue weighted by Crippen LogP contribution is -2.27. The second-order valence-electron chi connectivity index (χ2n) is 7.07. The Morgan fingerprint density at radius 3 is 2.86 bits per heavy atom. The summed E-state index contributed by atoms with van der Waals surface area (Å²) in [4.78, 5) is 32.7. The average molecular weight is 413 g/mol. The van der Waals surface area contributed by atoms with Crippen LogP contribution in [-0.4, -0.2) is 15.5 Å². The molecule has 3 heterocycles. The van der Waals surface area contributed by atoms with Gasteiger partial charge in [-0.1, -0.05) is 6.42 Å². The van der Waals surface area contributed by atoms with Crippen molar-refractivity contribution in [1.29, 1.82) is 5.26 Å². The molecule has 0 bridgehead atoms. The second-order valence-corrected chi connectivity index (χ2v) is 9.38. The van der Waals surface area contributed by atoms with Crippen molar-refractivity contribution >= 4 is 43.8 Å². The predicted octanol–water partition coefficient (Wildman–Crippen LogP) is 3.92. The van der Waals surface area contributed by atoms with Crippen LogP contribution in [0.3, 0.4) is 0 Å². The Hall–Kier alpha value is -2.50. The van der Waals surface area contributed by atoms with Crippen molar-refractivity contribution in [1.82, 2.24) is 9.55 Å². The minimum atomic E-state index is -0.319. The van der Waals surface area contributed by atoms with Crippen molar-refractivity contribution in [2.24, 2.45) is 0 Å². The first-order chi connectivity index (χ1) is 13.5. The summed E-state index contributed by atoms with van der Waals surface area (Å²) < 4.78 is 1.33. The lowest BCUT2D eigenvalue weighted by molar-refractivity contribution is -0.116. The largest absolute Gasteiger partial charge is 0.315 e. The zero-order chi connectivity index (χ0) is 19.8. The van der Waals surface area contributed by atoms with Crippen molar-refractivity contribution in [2.75, 3.05) is 5.32 Å². The van der Waals surface area contributed by atoms with Crippen molar-refractivity contribution in [2.45, 2.75) is 52.5 Å². The van der Waals surface area contributed by atoms with E-state index in [-0.39, 0.29) is 18.0 Å². The molecule has 0 saturated carbocycles. The van der Waals surface area contributed by atoms with E-state index in [0.29, 0.717) is 20.8 Å². The van der Waals surface area contributed by atoms with E-state index < -0.39 is 0 Å². The number of anilines is 1. The fourth-order valence-corrected chi connectivity index (χ4v) is 5.90. The van der Waals surface area contributed by atoms with Crippen LogP contribution in [-0.2, 0) is 24.2 Å². The number of hydrogen-bond acceptors (Lipinski definition) is 6. The van der Waals surface area contributed by atoms with Gasteiger partial charge in [0.1, 0.15) is 22.4 Å². The maximum atomic E-state index is 12.8. The highest BCUT2D eigenvalue weighted by Crippen LogP contribution is 2.37. The molecule has 0 fully saturated rings. The maximum Gasteiger partial charge on any atom is 0.262 e. The van der Waals surface area contributed by atoms with Gasteiger partial charge in [-0.25, -0.2) is 4.98 Å². The fraction of sp³-hybridized carbons (Fsp3) is 0.400. The molecule has 1 N–H and O–H groups in total. The summed E-state index contributed by atoms with van der Waals surface area (Å²) in [5, 5.41) is 13.6. The number of carbonyl (C=O) groups excluding carboxylic acids is 1. The zero-order valence-corrected chi connectivity index (χ0v) is 17.4. The Morgan fingerprint density at radius 2 is 2.07 bits per heavy atom. The molecule has 0 spiro atoms. The summed E-state index contributed by atoms with van der Waals surface area (Å²) in [6.45, 7) is 3.74. The minimum absolute atomic E-state index is 0.121. The van der Waals surface area contributed by atoms with Crippen LogP contribution in [0.4, 0.5) is 5.00 Å². The highest BCUT2D eigenvalue weighted by atomic mass is 32.1. The zero-order valence-electron chi connectivity index (χ0n) is 15.8. The van der Waals surface area contributed by atoms with E-state index >= 15 is 0 Å². The number of rotatable bonds is 3. The SMILES string of the molecule is Cc1sc2ncn(CC(=O)Nc3sc4c(c3C#N)CCCCC4)c(=O)c2c1C. The average Bonchev–Trinajstić information content (AvgIpc) is 3.03. The number of carbonyl (C=O) groups is 1. The summed E-state index contributed by atoms with van der Waals surface area (Å²) >= 11 is 2.98. The molecule has 0 aromatic carbocycles. The Morgan fingerprint density at radius 1 is 1.29 bits per heavy atom. The fourth-order valence-electron chi connectivity index (χ4n) is 3.65. The molecule has 144 valence electrons. The van der Waals surface area contributed by atoms with Gasteiger partial charge >= 0.3 is 0 Å². The van der Waals surface area contributed by atoms with E-state index in [9.17, 15) is 14.9 Å². The first-order valence-corrected chi connectivity index (χ1v) is 10.9. The van der Waals surface area contributed by atoms with Gasteiger partial charge in [0, 0.05) is 9.75 Å². The van der Waals surface area contributed by atoms with Gasteiger partial charge in [0.2, 0.25) is 5.91 Å². The molecule has 1 aliphatic carbocycles. The molecular weight excluding hydrogens is 392 g/mol. The van der Waals surface area contributed by atoms with Gasteiger partial charge in [-0.3, -0.25) is 14.2 Å². The number of nitrogens with zero attached hydrogens (tertiary/aromatic N) is 3. The standard InChI is InChI=1S/C20H20N4O2S2/c1-11-12(2)27-19-17(11)20(26)24(10-22-19)9-16(25)23-18-14(8-21)13-6-4-3-5-7-15(13)28-18/h10H,3-7,9H2,1-2H3,(H,23,25). The molecular formula is C20H20N4O2S2. The first kappa shape index (κ1) is 18.8. The van der Waals surface area contributed by atoms with E-state index in [4.69, 9.17) is 0 Å². The molecule has 0 aliphatic heterocycles. The van der Waals surface area contributed by atoms with Crippen LogP contribution in [0.1, 0.15) is 45.7 Å². The van der Waals surface area contributed by atoms with Gasteiger partial charge in [-0.2, -0.15) is 5.26 Å². The second kappa shape index (κ2) is 7.49. The molecule has 4 rings (SSSR count). The van der Waals surface area contributed by atoms with Gasteiger partial charge in [0.05, 0.1) is 17.3 Å². The first-order valence-electron chi connectivity index (χ1n) is 9.29. The highest BCUT2D eigenvalue weighted by Gasteiger charge is 2.21. The lowest BCUT2D eigenvalue weighted by Gasteiger charge is -2.07.